The van der Waals surface area contributed by atoms with Gasteiger partial charge < -0.3 is 27.4 Å². The van der Waals surface area contributed by atoms with Gasteiger partial charge in [0, 0.05) is 0 Å². The molecule has 0 aliphatic heterocycles. The molecule has 9 heavy (non-hydrogen) atoms. The third-order valence-corrected chi connectivity index (χ3v) is 0. The monoisotopic (exact) mass is 486 g/mol. The molecule has 0 aromatic carbocycles. The minimum absolute atomic E-state index is 0. The van der Waals surface area contributed by atoms with Gasteiger partial charge in [-0.1, -0.05) is 0 Å². The molecule has 0 unspecified atom stereocenters. The molecule has 0 aliphatic carbocycles. The average molecular weight is 487 g/mol. The molecule has 0 N–H and O–H groups in total. The van der Waals surface area contributed by atoms with Crippen molar-refractivity contribution in [2.24, 2.45) is 0 Å². The fraction of sp³-hybridized carbons (Fsp3) is 0. The summed E-state index contributed by atoms with van der Waals surface area (Å²) in [7, 11) is 0. The van der Waals surface area contributed by atoms with E-state index < -0.39 is 0 Å². The Balaban J connectivity index is 0. The van der Waals surface area contributed by atoms with Gasteiger partial charge in [-0.3, -0.25) is 0 Å². The van der Waals surface area contributed by atoms with E-state index in [0.29, 0.717) is 0 Å². The molecule has 0 saturated heterocycles. The Bertz CT molecular complexity index is 12.9. The fourth-order valence-corrected chi connectivity index (χ4v) is 0. The first kappa shape index (κ1) is 131. The average Bonchev–Trinajstić information content (AvgIpc) is 0. The van der Waals surface area contributed by atoms with Crippen LogP contribution in [0.15, 0.2) is 0 Å². The third-order valence-electron chi connectivity index (χ3n) is 0. The van der Waals surface area contributed by atoms with E-state index in [2.05, 4.69) is 0 Å². The molecule has 0 aromatic heterocycles. The molecule has 0 heterocycles. The second-order valence-corrected chi connectivity index (χ2v) is 0. The summed E-state index contributed by atoms with van der Waals surface area (Å²) in [5, 5.41) is 0. The topological polar surface area (TPSA) is 142 Å². The molecule has 0 atom stereocenters. The summed E-state index contributed by atoms with van der Waals surface area (Å²) >= 11 is 0. The number of hydrogen-bond donors (Lipinski definition) is 0. The van der Waals surface area contributed by atoms with Gasteiger partial charge in [-0.25, -0.2) is 0 Å². The van der Waals surface area contributed by atoms with Gasteiger partial charge in [0.25, 0.3) is 0 Å². The van der Waals surface area contributed by atoms with E-state index in [4.69, 9.17) is 0 Å². The Morgan fingerprint density at radius 3 is 0.333 bits per heavy atom. The van der Waals surface area contributed by atoms with Crippen LogP contribution in [0.5, 0.6) is 0 Å². The van der Waals surface area contributed by atoms with Gasteiger partial charge in [-0.15, -0.1) is 0 Å². The third kappa shape index (κ3) is 82.7. The Kier molecular flexibility index (Phi) is 1470. The van der Waals surface area contributed by atoms with Crippen LogP contribution >= 0.6 is 0 Å². The first-order valence-electron chi connectivity index (χ1n) is 0. The molecule has 4 radical (unpaired) electrons. The SMILES string of the molecule is [Ce+3].[Ce+3].[Cu+2].[Cu+2].[O-2].[O-2].[O-2].[O-2].[O-2]. The van der Waals surface area contributed by atoms with Crippen LogP contribution in [0.1, 0.15) is 0 Å². The summed E-state index contributed by atoms with van der Waals surface area (Å²) in [4.78, 5) is 0. The van der Waals surface area contributed by atoms with Crippen LogP contribution < -0.4 is 0 Å². The predicted octanol–water partition coefficient (Wildman–Crippen LogP) is -0.599. The van der Waals surface area contributed by atoms with Crippen molar-refractivity contribution in [2.75, 3.05) is 0 Å². The molecule has 0 rings (SSSR count). The van der Waals surface area contributed by atoms with Crippen molar-refractivity contribution in [3.63, 3.8) is 0 Å². The number of hydrogen-bond acceptors (Lipinski definition) is 0. The first-order valence-corrected chi connectivity index (χ1v) is 0. The summed E-state index contributed by atoms with van der Waals surface area (Å²) < 4.78 is 0. The van der Waals surface area contributed by atoms with Gasteiger partial charge in [-0.2, -0.15) is 0 Å². The zero-order chi connectivity index (χ0) is 0. The molecule has 5 nitrogen and oxygen atoms in total. The van der Waals surface area contributed by atoms with Gasteiger partial charge in [0.05, 0.1) is 0 Å². The van der Waals surface area contributed by atoms with E-state index >= 15 is 0 Å². The normalized spacial score (nSPS) is 0. The zero-order valence-corrected chi connectivity index (χ0v) is 11.8. The second-order valence-electron chi connectivity index (χ2n) is 0. The number of rotatable bonds is 0. The van der Waals surface area contributed by atoms with Crippen molar-refractivity contribution >= 4 is 0 Å². The molecular weight excluding hydrogens is 487 g/mol. The molecule has 0 amide bonds. The zero-order valence-electron chi connectivity index (χ0n) is 3.64. The van der Waals surface area contributed by atoms with Gasteiger partial charge in [-0.05, 0) is 0 Å². The maximum atomic E-state index is 0. The maximum Gasteiger partial charge on any atom is 3.00 e. The standard InChI is InChI=1S/2Ce.2Cu.5O/q2*+3;2*+2;5*-2. The van der Waals surface area contributed by atoms with Crippen LogP contribution in [0.3, 0.4) is 0 Å². The van der Waals surface area contributed by atoms with E-state index in [-0.39, 0.29) is 145 Å². The van der Waals surface area contributed by atoms with Crippen LogP contribution in [0.2, 0.25) is 0 Å². The van der Waals surface area contributed by atoms with E-state index in [1.165, 1.54) is 0 Å². The molecule has 0 aromatic rings. The predicted molar refractivity (Wildman–Crippen MR) is 3.43 cm³/mol. The quantitative estimate of drug-likeness (QED) is 0.403. The second kappa shape index (κ2) is 101. The van der Waals surface area contributed by atoms with Crippen LogP contribution in [0.25, 0.3) is 0 Å². The maximum absolute atomic E-state index is 0. The van der Waals surface area contributed by atoms with Crippen molar-refractivity contribution in [1.82, 2.24) is 0 Å². The van der Waals surface area contributed by atoms with Crippen molar-refractivity contribution in [1.29, 1.82) is 0 Å². The molecule has 0 aliphatic rings. The van der Waals surface area contributed by atoms with E-state index in [1.54, 1.807) is 0 Å². The van der Waals surface area contributed by atoms with Gasteiger partial charge in [0.2, 0.25) is 0 Å². The van der Waals surface area contributed by atoms with Crippen molar-refractivity contribution < 1.29 is 145 Å². The molecule has 0 bridgehead atoms. The van der Waals surface area contributed by atoms with Crippen molar-refractivity contribution in [3.05, 3.63) is 0 Å². The first-order chi connectivity index (χ1) is 0. The summed E-state index contributed by atoms with van der Waals surface area (Å²) in [5.41, 5.74) is 0. The van der Waals surface area contributed by atoms with Gasteiger partial charge in [0.1, 0.15) is 0 Å². The van der Waals surface area contributed by atoms with Crippen LogP contribution in [0, 0.1) is 83.5 Å². The van der Waals surface area contributed by atoms with Gasteiger partial charge in [0.15, 0.2) is 0 Å². The Morgan fingerprint density at radius 2 is 0.333 bits per heavy atom. The van der Waals surface area contributed by atoms with Crippen LogP contribution in [-0.2, 0) is 61.5 Å². The van der Waals surface area contributed by atoms with E-state index in [0.717, 1.165) is 0 Å². The molecular formula is Ce2Cu2O5. The van der Waals surface area contributed by atoms with Crippen LogP contribution in [-0.4, -0.2) is 0 Å². The minimum Gasteiger partial charge on any atom is -2.00 e. The van der Waals surface area contributed by atoms with Crippen LogP contribution in [0.4, 0.5) is 0 Å². The molecule has 60 valence electrons. The van der Waals surface area contributed by atoms with Gasteiger partial charge >= 0.3 is 118 Å². The smallest absolute Gasteiger partial charge is 2.00 e. The van der Waals surface area contributed by atoms with Crippen molar-refractivity contribution in [2.45, 2.75) is 0 Å². The Hall–Kier alpha value is 3.59. The van der Waals surface area contributed by atoms with E-state index in [9.17, 15) is 0 Å². The summed E-state index contributed by atoms with van der Waals surface area (Å²) in [6.07, 6.45) is 0. The largest absolute Gasteiger partial charge is 3.00 e. The fourth-order valence-electron chi connectivity index (χ4n) is 0. The van der Waals surface area contributed by atoms with Crippen molar-refractivity contribution in [3.8, 4) is 0 Å². The Morgan fingerprint density at radius 1 is 0.333 bits per heavy atom. The molecule has 0 saturated carbocycles. The minimum atomic E-state index is 0. The molecule has 9 heteroatoms. The summed E-state index contributed by atoms with van der Waals surface area (Å²) in [6, 6.07) is 0. The summed E-state index contributed by atoms with van der Waals surface area (Å²) in [6.45, 7) is 0. The summed E-state index contributed by atoms with van der Waals surface area (Å²) in [5.74, 6) is 0. The molecule has 0 fully saturated rings. The Labute approximate surface area is 142 Å². The van der Waals surface area contributed by atoms with E-state index in [1.807, 2.05) is 0 Å². The molecule has 0 spiro atoms.